The molecule has 4 rings (SSSR count). The summed E-state index contributed by atoms with van der Waals surface area (Å²) in [6.07, 6.45) is 4.86. The fourth-order valence-corrected chi connectivity index (χ4v) is 4.67. The Bertz CT molecular complexity index is 1490. The Morgan fingerprint density at radius 2 is 2.03 bits per heavy atom. The Morgan fingerprint density at radius 3 is 2.79 bits per heavy atom. The lowest BCUT2D eigenvalue weighted by Crippen LogP contribution is -2.16. The van der Waals surface area contributed by atoms with Gasteiger partial charge in [0.25, 0.3) is 0 Å². The minimum Gasteiger partial charge on any atom is -0.480 e. The summed E-state index contributed by atoms with van der Waals surface area (Å²) in [5.74, 6) is 2.01. The molecule has 11 heteroatoms. The lowest BCUT2D eigenvalue weighted by molar-refractivity contribution is 0.386. The molecule has 0 spiro atoms. The highest BCUT2D eigenvalue weighted by atomic mass is 32.2. The van der Waals surface area contributed by atoms with Crippen LogP contribution in [0.5, 0.6) is 5.88 Å². The van der Waals surface area contributed by atoms with Gasteiger partial charge in [0, 0.05) is 23.3 Å². The molecule has 0 saturated carbocycles. The van der Waals surface area contributed by atoms with Crippen molar-refractivity contribution in [1.82, 2.24) is 20.2 Å². The number of halogens is 2. The van der Waals surface area contributed by atoms with E-state index in [1.807, 2.05) is 12.1 Å². The van der Waals surface area contributed by atoms with E-state index < -0.39 is 21.3 Å². The van der Waals surface area contributed by atoms with Crippen LogP contribution in [0, 0.1) is 23.0 Å². The molecule has 168 valence electrons. The van der Waals surface area contributed by atoms with Crippen molar-refractivity contribution in [3.05, 3.63) is 71.2 Å². The molecule has 0 aliphatic heterocycles. The first kappa shape index (κ1) is 22.2. The van der Waals surface area contributed by atoms with Crippen molar-refractivity contribution in [3.8, 4) is 11.9 Å². The summed E-state index contributed by atoms with van der Waals surface area (Å²) < 4.78 is 50.6. The molecular formula is C22H18F2N6O2S. The number of H-pyrrole nitrogens is 1. The second-order valence-electron chi connectivity index (χ2n) is 7.16. The van der Waals surface area contributed by atoms with Gasteiger partial charge in [-0.25, -0.2) is 23.0 Å². The summed E-state index contributed by atoms with van der Waals surface area (Å²) in [6.45, 7) is 0. The van der Waals surface area contributed by atoms with Crippen LogP contribution in [-0.4, -0.2) is 37.4 Å². The molecule has 0 saturated heterocycles. The zero-order chi connectivity index (χ0) is 23.6. The van der Waals surface area contributed by atoms with Crippen LogP contribution in [0.2, 0.25) is 0 Å². The molecule has 4 aromatic rings. The maximum absolute atomic E-state index is 15.2. The molecule has 3 heterocycles. The van der Waals surface area contributed by atoms with Gasteiger partial charge in [-0.2, -0.15) is 10.4 Å². The van der Waals surface area contributed by atoms with Crippen molar-refractivity contribution in [3.63, 3.8) is 0 Å². The van der Waals surface area contributed by atoms with Crippen LogP contribution in [0.15, 0.2) is 47.8 Å². The molecule has 0 aliphatic carbocycles. The summed E-state index contributed by atoms with van der Waals surface area (Å²) in [5.41, 5.74) is 1.18. The molecular weight excluding hydrogens is 450 g/mol. The zero-order valence-electron chi connectivity index (χ0n) is 17.4. The number of aromatic amines is 1. The van der Waals surface area contributed by atoms with Gasteiger partial charge in [-0.1, -0.05) is 0 Å². The number of anilines is 1. The van der Waals surface area contributed by atoms with Crippen LogP contribution < -0.4 is 9.46 Å². The van der Waals surface area contributed by atoms with Crippen LogP contribution in [0.4, 0.5) is 14.5 Å². The van der Waals surface area contributed by atoms with Gasteiger partial charge in [-0.05, 0) is 48.5 Å². The fraction of sp³-hybridized carbons (Fsp3) is 0.136. The largest absolute Gasteiger partial charge is 0.480 e. The quantitative estimate of drug-likeness (QED) is 0.402. The number of ether oxygens (including phenoxy) is 1. The van der Waals surface area contributed by atoms with Crippen LogP contribution in [0.3, 0.4) is 0 Å². The van der Waals surface area contributed by atoms with E-state index in [-0.39, 0.29) is 34.0 Å². The van der Waals surface area contributed by atoms with Gasteiger partial charge in [0.15, 0.2) is 11.5 Å². The Hall–Kier alpha value is -4.04. The first-order chi connectivity index (χ1) is 15.8. The monoisotopic (exact) mass is 468 g/mol. The maximum Gasteiger partial charge on any atom is 0.230 e. The molecule has 8 nitrogen and oxygen atoms in total. The van der Waals surface area contributed by atoms with E-state index in [0.29, 0.717) is 12.1 Å². The number of benzene rings is 1. The molecule has 2 N–H and O–H groups in total. The highest BCUT2D eigenvalue weighted by molar-refractivity contribution is 8.01. The number of nitrogens with zero attached hydrogens (tertiary/aromatic N) is 4. The van der Waals surface area contributed by atoms with Gasteiger partial charge >= 0.3 is 0 Å². The first-order valence-corrected chi connectivity index (χ1v) is 11.4. The number of pyridine rings is 2. The summed E-state index contributed by atoms with van der Waals surface area (Å²) in [7, 11) is -2.08. The van der Waals surface area contributed by atoms with Gasteiger partial charge in [-0.3, -0.25) is 5.10 Å². The molecule has 0 bridgehead atoms. The van der Waals surface area contributed by atoms with Crippen LogP contribution in [0.25, 0.3) is 11.0 Å². The predicted molar refractivity (Wildman–Crippen MR) is 120 cm³/mol. The van der Waals surface area contributed by atoms with E-state index in [1.54, 1.807) is 12.4 Å². The van der Waals surface area contributed by atoms with Crippen molar-refractivity contribution in [2.24, 2.45) is 0 Å². The van der Waals surface area contributed by atoms with Crippen molar-refractivity contribution in [2.45, 2.75) is 17.7 Å². The van der Waals surface area contributed by atoms with Gasteiger partial charge in [-0.15, -0.1) is 0 Å². The third-order valence-electron chi connectivity index (χ3n) is 4.97. The third-order valence-corrected chi connectivity index (χ3v) is 6.52. The number of hydrogen-bond acceptors (Lipinski definition) is 6. The highest BCUT2D eigenvalue weighted by Crippen LogP contribution is 2.28. The van der Waals surface area contributed by atoms with Crippen molar-refractivity contribution in [2.75, 3.05) is 11.8 Å². The van der Waals surface area contributed by atoms with Gasteiger partial charge < -0.3 is 9.46 Å². The number of aromatic nitrogens is 4. The standard InChI is InChI=1S/C22H18F2N6O2S/c1-32-22-19(8-14(9-25)11-27-22)33(2,31)30-18-6-5-17(23)16(20(18)24)4-3-13-7-15-12-28-29-21(15)26-10-13/h5-8,10-12H,2-4H2,1H3,(H,30,31)(H,26,28,29). The molecule has 1 atom stereocenters. The SMILES string of the molecule is C=S(=O)(Nc1ccc(F)c(CCc2cnc3[nH]ncc3c2)c1F)c1cc(C#N)cnc1OC. The van der Waals surface area contributed by atoms with E-state index in [9.17, 15) is 8.60 Å². The summed E-state index contributed by atoms with van der Waals surface area (Å²) in [6, 6.07) is 7.27. The summed E-state index contributed by atoms with van der Waals surface area (Å²) in [5, 5.41) is 16.6. The number of methoxy groups -OCH3 is 1. The van der Waals surface area contributed by atoms with Crippen molar-refractivity contribution < 1.29 is 17.7 Å². The molecule has 33 heavy (non-hydrogen) atoms. The Morgan fingerprint density at radius 1 is 1.21 bits per heavy atom. The number of rotatable bonds is 7. The summed E-state index contributed by atoms with van der Waals surface area (Å²) >= 11 is 0. The Kier molecular flexibility index (Phi) is 5.93. The predicted octanol–water partition coefficient (Wildman–Crippen LogP) is 3.40. The fourth-order valence-electron chi connectivity index (χ4n) is 3.31. The molecule has 0 amide bonds. The highest BCUT2D eigenvalue weighted by Gasteiger charge is 2.20. The van der Waals surface area contributed by atoms with Gasteiger partial charge in [0.2, 0.25) is 5.88 Å². The lowest BCUT2D eigenvalue weighted by atomic mass is 10.0. The second-order valence-corrected chi connectivity index (χ2v) is 9.15. The molecule has 0 fully saturated rings. The molecule has 0 radical (unpaired) electrons. The molecule has 1 aromatic carbocycles. The van der Waals surface area contributed by atoms with Crippen LogP contribution in [0.1, 0.15) is 16.7 Å². The van der Waals surface area contributed by atoms with Crippen molar-refractivity contribution >= 4 is 32.3 Å². The maximum atomic E-state index is 15.2. The third kappa shape index (κ3) is 4.47. The summed E-state index contributed by atoms with van der Waals surface area (Å²) in [4.78, 5) is 8.16. The van der Waals surface area contributed by atoms with E-state index >= 15 is 4.39 Å². The van der Waals surface area contributed by atoms with Crippen molar-refractivity contribution in [1.29, 1.82) is 5.26 Å². The lowest BCUT2D eigenvalue weighted by Gasteiger charge is -2.17. The van der Waals surface area contributed by atoms with Gasteiger partial charge in [0.05, 0.1) is 34.3 Å². The molecule has 1 unspecified atom stereocenters. The zero-order valence-corrected chi connectivity index (χ0v) is 18.2. The Balaban J connectivity index is 1.62. The number of nitriles is 1. The smallest absolute Gasteiger partial charge is 0.230 e. The second kappa shape index (κ2) is 8.84. The number of fused-ring (bicyclic) bond motifs is 1. The van der Waals surface area contributed by atoms with E-state index in [1.165, 1.54) is 19.4 Å². The van der Waals surface area contributed by atoms with E-state index in [0.717, 1.165) is 23.1 Å². The minimum atomic E-state index is -3.40. The molecule has 3 aromatic heterocycles. The van der Waals surface area contributed by atoms with E-state index in [4.69, 9.17) is 10.00 Å². The normalized spacial score (nSPS) is 12.8. The Labute approximate surface area is 188 Å². The first-order valence-electron chi connectivity index (χ1n) is 9.66. The average molecular weight is 468 g/mol. The number of hydrogen-bond donors (Lipinski definition) is 2. The number of aryl methyl sites for hydroxylation is 1. The number of nitrogens with one attached hydrogen (secondary N) is 2. The van der Waals surface area contributed by atoms with E-state index in [2.05, 4.69) is 30.8 Å². The topological polar surface area (TPSA) is 117 Å². The van der Waals surface area contributed by atoms with Crippen LogP contribution >= 0.6 is 0 Å². The van der Waals surface area contributed by atoms with Crippen LogP contribution in [-0.2, 0) is 22.5 Å². The minimum absolute atomic E-state index is 0.00573. The molecule has 0 aliphatic rings. The average Bonchev–Trinajstić information content (AvgIpc) is 3.28. The van der Waals surface area contributed by atoms with Gasteiger partial charge in [0.1, 0.15) is 16.8 Å².